The minimum absolute atomic E-state index is 0.0312. The van der Waals surface area contributed by atoms with Gasteiger partial charge in [0.25, 0.3) is 5.91 Å². The molecule has 2 aromatic heterocycles. The molecule has 3 rings (SSSR count). The number of rotatable bonds is 5. The van der Waals surface area contributed by atoms with Crippen LogP contribution in [0.25, 0.3) is 0 Å². The van der Waals surface area contributed by atoms with Gasteiger partial charge in [-0.2, -0.15) is 0 Å². The Kier molecular flexibility index (Phi) is 5.99. The van der Waals surface area contributed by atoms with Gasteiger partial charge in [0, 0.05) is 51.3 Å². The van der Waals surface area contributed by atoms with Crippen molar-refractivity contribution in [2.45, 2.75) is 20.3 Å². The first-order valence-electron chi connectivity index (χ1n) is 9.14. The number of nitrogens with one attached hydrogen (secondary N) is 1. The lowest BCUT2D eigenvalue weighted by molar-refractivity contribution is 0.0766. The molecule has 138 valence electrons. The van der Waals surface area contributed by atoms with Gasteiger partial charge in [-0.3, -0.25) is 4.79 Å². The molecule has 0 aliphatic carbocycles. The van der Waals surface area contributed by atoms with Gasteiger partial charge in [0.2, 0.25) is 5.95 Å². The van der Waals surface area contributed by atoms with E-state index in [0.29, 0.717) is 18.0 Å². The van der Waals surface area contributed by atoms with Crippen LogP contribution in [0.3, 0.4) is 0 Å². The van der Waals surface area contributed by atoms with Crippen LogP contribution in [0.1, 0.15) is 30.6 Å². The normalized spacial score (nSPS) is 15.0. The molecular formula is C19H26N6O. The molecule has 0 radical (unpaired) electrons. The van der Waals surface area contributed by atoms with Crippen molar-refractivity contribution in [3.8, 4) is 0 Å². The topological polar surface area (TPSA) is 74.2 Å². The van der Waals surface area contributed by atoms with E-state index in [9.17, 15) is 4.79 Å². The van der Waals surface area contributed by atoms with Gasteiger partial charge in [-0.05, 0) is 30.5 Å². The second-order valence-electron chi connectivity index (χ2n) is 6.89. The number of aromatic nitrogens is 3. The minimum Gasteiger partial charge on any atom is -0.370 e. The Bertz CT molecular complexity index is 704. The highest BCUT2D eigenvalue weighted by Crippen LogP contribution is 2.14. The predicted molar refractivity (Wildman–Crippen MR) is 102 cm³/mol. The summed E-state index contributed by atoms with van der Waals surface area (Å²) < 4.78 is 0. The van der Waals surface area contributed by atoms with E-state index in [4.69, 9.17) is 0 Å². The molecule has 1 amide bonds. The number of anilines is 2. The van der Waals surface area contributed by atoms with Crippen molar-refractivity contribution in [1.82, 2.24) is 19.9 Å². The molecule has 0 bridgehead atoms. The average Bonchev–Trinajstić information content (AvgIpc) is 2.93. The largest absolute Gasteiger partial charge is 0.370 e. The van der Waals surface area contributed by atoms with Gasteiger partial charge in [-0.25, -0.2) is 15.0 Å². The molecule has 1 aliphatic rings. The quantitative estimate of drug-likeness (QED) is 0.888. The molecule has 1 saturated heterocycles. The first-order chi connectivity index (χ1) is 12.6. The maximum absolute atomic E-state index is 12.8. The zero-order chi connectivity index (χ0) is 18.4. The molecule has 2 aromatic rings. The highest BCUT2D eigenvalue weighted by atomic mass is 16.2. The molecule has 1 fully saturated rings. The van der Waals surface area contributed by atoms with Crippen LogP contribution in [0.5, 0.6) is 0 Å². The van der Waals surface area contributed by atoms with Gasteiger partial charge < -0.3 is 15.1 Å². The van der Waals surface area contributed by atoms with Crippen LogP contribution in [0.4, 0.5) is 11.8 Å². The molecule has 26 heavy (non-hydrogen) atoms. The second-order valence-corrected chi connectivity index (χ2v) is 6.89. The summed E-state index contributed by atoms with van der Waals surface area (Å²) >= 11 is 0. The monoisotopic (exact) mass is 354 g/mol. The summed E-state index contributed by atoms with van der Waals surface area (Å²) in [7, 11) is 0. The summed E-state index contributed by atoms with van der Waals surface area (Å²) in [5.41, 5.74) is 0.629. The van der Waals surface area contributed by atoms with Gasteiger partial charge in [0.05, 0.1) is 5.56 Å². The van der Waals surface area contributed by atoms with Gasteiger partial charge >= 0.3 is 0 Å². The number of nitrogens with zero attached hydrogens (tertiary/aromatic N) is 5. The Morgan fingerprint density at radius 2 is 1.92 bits per heavy atom. The Labute approximate surface area is 154 Å². The van der Waals surface area contributed by atoms with E-state index in [2.05, 4.69) is 39.0 Å². The van der Waals surface area contributed by atoms with Crippen LogP contribution in [0.15, 0.2) is 36.8 Å². The fraction of sp³-hybridized carbons (Fsp3) is 0.474. The van der Waals surface area contributed by atoms with E-state index >= 15 is 0 Å². The summed E-state index contributed by atoms with van der Waals surface area (Å²) in [6, 6.07) is 5.53. The average molecular weight is 354 g/mol. The molecule has 0 atom stereocenters. The lowest BCUT2D eigenvalue weighted by Crippen LogP contribution is -2.35. The van der Waals surface area contributed by atoms with Crippen LogP contribution < -0.4 is 10.2 Å². The third kappa shape index (κ3) is 4.68. The third-order valence-corrected chi connectivity index (χ3v) is 4.32. The van der Waals surface area contributed by atoms with Crippen molar-refractivity contribution in [2.75, 3.05) is 42.9 Å². The molecule has 0 saturated carbocycles. The zero-order valence-corrected chi connectivity index (χ0v) is 15.4. The first kappa shape index (κ1) is 18.1. The van der Waals surface area contributed by atoms with E-state index < -0.39 is 0 Å². The SMILES string of the molecule is CC(C)CNc1ccc(C(=O)N2CCCN(c3ncccn3)CC2)cn1. The van der Waals surface area contributed by atoms with Crippen molar-refractivity contribution in [2.24, 2.45) is 5.92 Å². The van der Waals surface area contributed by atoms with Gasteiger partial charge in [-0.15, -0.1) is 0 Å². The Morgan fingerprint density at radius 3 is 2.62 bits per heavy atom. The van der Waals surface area contributed by atoms with Crippen LogP contribution in [0.2, 0.25) is 0 Å². The zero-order valence-electron chi connectivity index (χ0n) is 15.4. The number of amides is 1. The molecule has 7 heteroatoms. The number of carbonyl (C=O) groups excluding carboxylic acids is 1. The van der Waals surface area contributed by atoms with Crippen LogP contribution >= 0.6 is 0 Å². The molecule has 3 heterocycles. The van der Waals surface area contributed by atoms with Crippen molar-refractivity contribution in [3.63, 3.8) is 0 Å². The highest BCUT2D eigenvalue weighted by molar-refractivity contribution is 5.94. The van der Waals surface area contributed by atoms with E-state index in [1.54, 1.807) is 18.6 Å². The summed E-state index contributed by atoms with van der Waals surface area (Å²) in [5.74, 6) is 2.11. The lowest BCUT2D eigenvalue weighted by Gasteiger charge is -2.22. The standard InChI is InChI=1S/C19H26N6O/c1-15(2)13-22-17-6-5-16(14-23-17)18(26)24-9-4-10-25(12-11-24)19-20-7-3-8-21-19/h3,5-8,14-15H,4,9-13H2,1-2H3,(H,22,23). The molecule has 1 N–H and O–H groups in total. The van der Waals surface area contributed by atoms with Crippen molar-refractivity contribution in [3.05, 3.63) is 42.4 Å². The molecule has 0 unspecified atom stereocenters. The summed E-state index contributed by atoms with van der Waals surface area (Å²) in [6.45, 7) is 8.13. The number of hydrogen-bond acceptors (Lipinski definition) is 6. The molecule has 1 aliphatic heterocycles. The smallest absolute Gasteiger partial charge is 0.255 e. The number of hydrogen-bond donors (Lipinski definition) is 1. The van der Waals surface area contributed by atoms with Crippen LogP contribution in [0, 0.1) is 5.92 Å². The lowest BCUT2D eigenvalue weighted by atomic mass is 10.2. The van der Waals surface area contributed by atoms with Crippen molar-refractivity contribution >= 4 is 17.7 Å². The van der Waals surface area contributed by atoms with E-state index in [1.807, 2.05) is 23.1 Å². The van der Waals surface area contributed by atoms with Crippen LogP contribution in [-0.4, -0.2) is 58.5 Å². The third-order valence-electron chi connectivity index (χ3n) is 4.32. The molecule has 0 spiro atoms. The highest BCUT2D eigenvalue weighted by Gasteiger charge is 2.21. The molecule has 0 aromatic carbocycles. The number of carbonyl (C=O) groups is 1. The summed E-state index contributed by atoms with van der Waals surface area (Å²) in [6.07, 6.45) is 6.05. The fourth-order valence-corrected chi connectivity index (χ4v) is 2.89. The predicted octanol–water partition coefficient (Wildman–Crippen LogP) is 2.29. The van der Waals surface area contributed by atoms with Gasteiger partial charge in [0.1, 0.15) is 5.82 Å². The van der Waals surface area contributed by atoms with Crippen molar-refractivity contribution in [1.29, 1.82) is 0 Å². The van der Waals surface area contributed by atoms with Gasteiger partial charge in [0.15, 0.2) is 0 Å². The van der Waals surface area contributed by atoms with E-state index in [0.717, 1.165) is 44.4 Å². The Balaban J connectivity index is 1.59. The maximum Gasteiger partial charge on any atom is 0.255 e. The fourth-order valence-electron chi connectivity index (χ4n) is 2.89. The number of pyridine rings is 1. The summed E-state index contributed by atoms with van der Waals surface area (Å²) in [5, 5.41) is 3.27. The second kappa shape index (κ2) is 8.60. The molecule has 7 nitrogen and oxygen atoms in total. The van der Waals surface area contributed by atoms with Gasteiger partial charge in [-0.1, -0.05) is 13.8 Å². The van der Waals surface area contributed by atoms with E-state index in [1.165, 1.54) is 0 Å². The Morgan fingerprint density at radius 1 is 1.12 bits per heavy atom. The van der Waals surface area contributed by atoms with E-state index in [-0.39, 0.29) is 5.91 Å². The minimum atomic E-state index is 0.0312. The van der Waals surface area contributed by atoms with Crippen molar-refractivity contribution < 1.29 is 4.79 Å². The van der Waals surface area contributed by atoms with Crippen LogP contribution in [-0.2, 0) is 0 Å². The first-order valence-corrected chi connectivity index (χ1v) is 9.14. The molecular weight excluding hydrogens is 328 g/mol. The summed E-state index contributed by atoms with van der Waals surface area (Å²) in [4.78, 5) is 29.8. The maximum atomic E-state index is 12.8. The Hall–Kier alpha value is -2.70.